The van der Waals surface area contributed by atoms with Gasteiger partial charge in [-0.15, -0.1) is 0 Å². The lowest BCUT2D eigenvalue weighted by molar-refractivity contribution is -0.440. The maximum absolute atomic E-state index is 14.5. The number of alkyl carbamates (subject to hydrolysis) is 1. The van der Waals surface area contributed by atoms with Crippen molar-refractivity contribution in [1.82, 2.24) is 5.32 Å². The summed E-state index contributed by atoms with van der Waals surface area (Å²) in [5.74, 6) is -80.7. The molecule has 1 atom stereocenters. The van der Waals surface area contributed by atoms with Crippen molar-refractivity contribution in [3.63, 3.8) is 0 Å². The number of halogens is 26. The Bertz CT molecular complexity index is 2010. The first-order valence-electron chi connectivity index (χ1n) is 20.4. The van der Waals surface area contributed by atoms with Crippen LogP contribution in [-0.4, -0.2) is 131 Å². The van der Waals surface area contributed by atoms with Crippen LogP contribution in [0.1, 0.15) is 71.5 Å². The van der Waals surface area contributed by atoms with E-state index in [0.717, 1.165) is 6.92 Å². The molecule has 0 aliphatic heterocycles. The van der Waals surface area contributed by atoms with E-state index in [4.69, 9.17) is 27.5 Å². The van der Waals surface area contributed by atoms with Crippen LogP contribution in [0.4, 0.5) is 125 Å². The van der Waals surface area contributed by atoms with E-state index in [0.29, 0.717) is 0 Å². The van der Waals surface area contributed by atoms with Crippen molar-refractivity contribution in [1.29, 1.82) is 0 Å². The Hall–Kier alpha value is -4.23. The van der Waals surface area contributed by atoms with Crippen molar-refractivity contribution < 1.29 is 151 Å². The Balaban J connectivity index is 3.64. The largest absolute Gasteiger partial charge is 0.500 e. The second-order valence-corrected chi connectivity index (χ2v) is 17.8. The van der Waals surface area contributed by atoms with Gasteiger partial charge in [0.25, 0.3) is 5.69 Å². The number of ether oxygens (including phenoxy) is 3. The molecule has 1 aromatic carbocycles. The minimum absolute atomic E-state index is 0.0530. The number of nitro groups is 1. The van der Waals surface area contributed by atoms with Gasteiger partial charge in [-0.3, -0.25) is 10.1 Å². The zero-order valence-corrected chi connectivity index (χ0v) is 38.7. The lowest BCUT2D eigenvalue weighted by atomic mass is 9.92. The molecule has 0 saturated heterocycles. The van der Waals surface area contributed by atoms with Crippen LogP contribution in [0.5, 0.6) is 11.5 Å². The van der Waals surface area contributed by atoms with Crippen molar-refractivity contribution in [2.24, 2.45) is 0 Å². The molecule has 0 radical (unpaired) electrons. The van der Waals surface area contributed by atoms with E-state index in [1.807, 2.05) is 0 Å². The lowest BCUT2D eigenvalue weighted by Crippen LogP contribution is -2.70. The summed E-state index contributed by atoms with van der Waals surface area (Å²) in [5, 5.41) is 14.3. The van der Waals surface area contributed by atoms with E-state index in [2.05, 4.69) is 5.32 Å². The normalized spacial score (nSPS) is 15.0. The third-order valence-corrected chi connectivity index (χ3v) is 13.0. The van der Waals surface area contributed by atoms with Crippen molar-refractivity contribution >= 4 is 20.6 Å². The number of amides is 1. The highest BCUT2D eigenvalue weighted by atomic mass is 28.4. The smallest absolute Gasteiger partial charge is 0.490 e. The summed E-state index contributed by atoms with van der Waals surface area (Å²) in [6.07, 6.45) is -28.4. The molecule has 0 bridgehead atoms. The average molecular weight is 1170 g/mol. The number of carbonyl (C=O) groups excluding carboxylic acids is 1. The van der Waals surface area contributed by atoms with E-state index in [1.54, 1.807) is 20.8 Å². The monoisotopic (exact) mass is 1170 g/mol. The van der Waals surface area contributed by atoms with E-state index in [1.165, 1.54) is 0 Å². The third kappa shape index (κ3) is 13.5. The summed E-state index contributed by atoms with van der Waals surface area (Å²) in [6, 6.07) is 0.459. The van der Waals surface area contributed by atoms with Gasteiger partial charge < -0.3 is 32.8 Å². The zero-order chi connectivity index (χ0) is 58.4. The maximum Gasteiger partial charge on any atom is 0.500 e. The van der Waals surface area contributed by atoms with Gasteiger partial charge in [0.05, 0.1) is 29.8 Å². The molecular formula is C36H40F26N2O9Si. The molecule has 1 amide bonds. The summed E-state index contributed by atoms with van der Waals surface area (Å²) in [4.78, 5) is 23.3. The minimum atomic E-state index is -8.28. The highest BCUT2D eigenvalue weighted by Crippen LogP contribution is 2.62. The van der Waals surface area contributed by atoms with Crippen LogP contribution >= 0.6 is 0 Å². The molecule has 0 aliphatic carbocycles. The quantitative estimate of drug-likeness (QED) is 0.0254. The molecule has 0 fully saturated rings. The zero-order valence-electron chi connectivity index (χ0n) is 37.7. The molecule has 1 aromatic rings. The molecule has 38 heteroatoms. The summed E-state index contributed by atoms with van der Waals surface area (Å²) in [7, 11) is -3.29. The first kappa shape index (κ1) is 67.8. The number of alkyl halides is 26. The first-order chi connectivity index (χ1) is 33.1. The summed E-state index contributed by atoms with van der Waals surface area (Å²) >= 11 is 0. The third-order valence-electron chi connectivity index (χ3n) is 9.82. The first-order valence-corrected chi connectivity index (χ1v) is 22.3. The van der Waals surface area contributed by atoms with Gasteiger partial charge in [-0.25, -0.2) is 4.79 Å². The van der Waals surface area contributed by atoms with Crippen LogP contribution in [0.25, 0.3) is 0 Å². The van der Waals surface area contributed by atoms with Gasteiger partial charge in [-0.2, -0.15) is 114 Å². The Morgan fingerprint density at radius 2 is 0.892 bits per heavy atom. The fraction of sp³-hybridized carbons (Fsp3) is 0.806. The number of carbonyl (C=O) groups is 1. The van der Waals surface area contributed by atoms with Crippen LogP contribution in [0, 0.1) is 10.1 Å². The number of hydrogen-bond acceptors (Lipinski definition) is 9. The molecule has 74 heavy (non-hydrogen) atoms. The van der Waals surface area contributed by atoms with Crippen LogP contribution in [-0.2, 0) is 18.0 Å². The number of benzene rings is 1. The minimum Gasteiger partial charge on any atom is -0.490 e. The average Bonchev–Trinajstić information content (AvgIpc) is 3.24. The van der Waals surface area contributed by atoms with Gasteiger partial charge in [0.15, 0.2) is 11.5 Å². The summed E-state index contributed by atoms with van der Waals surface area (Å²) < 4.78 is 384. The van der Waals surface area contributed by atoms with Gasteiger partial charge >= 0.3 is 86.5 Å². The number of hydrogen-bond donors (Lipinski definition) is 1. The van der Waals surface area contributed by atoms with Crippen molar-refractivity contribution in [3.8, 4) is 11.5 Å². The van der Waals surface area contributed by atoms with Crippen molar-refractivity contribution in [2.75, 3.05) is 39.6 Å². The Morgan fingerprint density at radius 1 is 0.554 bits per heavy atom. The molecule has 0 heterocycles. The van der Waals surface area contributed by atoms with Crippen LogP contribution in [0.15, 0.2) is 12.1 Å². The predicted octanol–water partition coefficient (Wildman–Crippen LogP) is 13.6. The van der Waals surface area contributed by atoms with Gasteiger partial charge in [0, 0.05) is 45.3 Å². The number of rotatable bonds is 31. The van der Waals surface area contributed by atoms with E-state index < -0.39 is 159 Å². The maximum atomic E-state index is 14.5. The van der Waals surface area contributed by atoms with Gasteiger partial charge in [0.2, 0.25) is 0 Å². The number of nitro benzene ring substituents is 1. The van der Waals surface area contributed by atoms with Crippen LogP contribution < -0.4 is 14.8 Å². The summed E-state index contributed by atoms with van der Waals surface area (Å²) in [6.45, 7) is 2.34. The molecule has 1 rings (SSSR count). The second-order valence-electron chi connectivity index (χ2n) is 15.1. The molecule has 0 aliphatic rings. The SMILES string of the molecule is CCO[Si](CCCNC(=O)OC(C)c1cc(OCCCC(F)(F)C(F)(F)C(F)(F)C(F)(F)C(F)(F)C(F)(F)F)c(OCCCC(F)(F)C(F)(F)C(F)(F)C(F)(F)C(F)(F)C(F)(F)F)cc1[N+](=O)[O-])(OCC)OCC. The molecule has 434 valence electrons. The fourth-order valence-corrected chi connectivity index (χ4v) is 8.52. The topological polar surface area (TPSA) is 128 Å². The number of nitrogens with zero attached hydrogens (tertiary/aromatic N) is 1. The predicted molar refractivity (Wildman–Crippen MR) is 197 cm³/mol. The molecule has 1 N–H and O–H groups in total. The number of nitrogens with one attached hydrogen (secondary N) is 1. The molecule has 11 nitrogen and oxygen atoms in total. The Kier molecular flexibility index (Phi) is 21.6. The molecule has 0 spiro atoms. The molecular weight excluding hydrogens is 1130 g/mol. The lowest BCUT2D eigenvalue weighted by Gasteiger charge is -2.39. The highest BCUT2D eigenvalue weighted by molar-refractivity contribution is 6.60. The molecule has 0 aromatic heterocycles. The van der Waals surface area contributed by atoms with E-state index in [-0.39, 0.29) is 51.0 Å². The van der Waals surface area contributed by atoms with E-state index >= 15 is 0 Å². The standard InChI is InChI=1S/C36H40F26N2O9Si/c1-5-70-74(71-6-2,72-7-3)16-10-13-63-24(65)73-19(4)20-17-22(68-14-8-11-25(37,38)27(41,42)29(45,46)31(49,50)33(53,54)35(57,58)59)23(18-21(20)64(66)67)69-15-9-12-26(39,40)28(43,44)30(47,48)32(51,52)34(55,56)36(60,61)62/h17-19H,5-16H2,1-4H3,(H,63,65). The van der Waals surface area contributed by atoms with Crippen molar-refractivity contribution in [3.05, 3.63) is 27.8 Å². The van der Waals surface area contributed by atoms with Crippen LogP contribution in [0.3, 0.4) is 0 Å². The second kappa shape index (κ2) is 23.6. The van der Waals surface area contributed by atoms with Gasteiger partial charge in [-0.05, 0) is 53.0 Å². The van der Waals surface area contributed by atoms with Crippen LogP contribution in [0.2, 0.25) is 6.04 Å². The highest BCUT2D eigenvalue weighted by Gasteiger charge is 2.92. The Morgan fingerprint density at radius 3 is 1.22 bits per heavy atom. The van der Waals surface area contributed by atoms with E-state index in [9.17, 15) is 129 Å². The molecule has 0 saturated carbocycles. The van der Waals surface area contributed by atoms with Gasteiger partial charge in [0.1, 0.15) is 6.10 Å². The Labute approximate surface area is 399 Å². The summed E-state index contributed by atoms with van der Waals surface area (Å²) in [5.41, 5.74) is -2.24. The van der Waals surface area contributed by atoms with Gasteiger partial charge in [-0.1, -0.05) is 0 Å². The fourth-order valence-electron chi connectivity index (χ4n) is 5.91. The molecule has 1 unspecified atom stereocenters. The van der Waals surface area contributed by atoms with Crippen molar-refractivity contribution in [2.45, 2.75) is 144 Å².